The lowest BCUT2D eigenvalue weighted by Gasteiger charge is -2.17. The summed E-state index contributed by atoms with van der Waals surface area (Å²) in [6, 6.07) is 53.5. The molecule has 0 radical (unpaired) electrons. The van der Waals surface area contributed by atoms with Crippen LogP contribution in [0.2, 0.25) is 0 Å². The molecule has 0 bridgehead atoms. The minimum absolute atomic E-state index is 0.204. The Balaban J connectivity index is 1.11. The van der Waals surface area contributed by atoms with Gasteiger partial charge in [-0.2, -0.15) is 0 Å². The maximum Gasteiger partial charge on any atom is 0.144 e. The van der Waals surface area contributed by atoms with Gasteiger partial charge in [0.1, 0.15) is 11.2 Å². The topological polar surface area (TPSA) is 18.1 Å². The van der Waals surface area contributed by atoms with Gasteiger partial charge in [0.05, 0.1) is 17.9 Å². The average Bonchev–Trinajstić information content (AvgIpc) is 3.83. The minimum Gasteiger partial charge on any atom is -0.455 e. The van der Waals surface area contributed by atoms with Gasteiger partial charge in [0, 0.05) is 32.8 Å². The first kappa shape index (κ1) is 24.9. The number of aromatic nitrogens is 1. The van der Waals surface area contributed by atoms with E-state index in [-0.39, 0.29) is 29.7 Å². The summed E-state index contributed by atoms with van der Waals surface area (Å²) < 4.78 is 51.7. The molecule has 2 heterocycles. The number of nitrogens with zero attached hydrogens (tertiary/aromatic N) is 1. The van der Waals surface area contributed by atoms with E-state index in [4.69, 9.17) is 11.3 Å². The van der Waals surface area contributed by atoms with E-state index in [2.05, 4.69) is 132 Å². The van der Waals surface area contributed by atoms with Crippen LogP contribution in [0.1, 0.15) is 6.85 Å². The first-order chi connectivity index (χ1) is 28.9. The standard InChI is InChI=1S/C52H31NO/c1-3-12-32(13-4-1)38-26-22-33-25-29-41-39(27-23-34-24-28-40(38)48(33)49(34)41)35-14-11-15-36(30-35)44-31-46-50(51-43-19-8-10-21-47(43)54-52(44)51)42-18-7-9-20-45(42)53(46)37-16-5-2-6-17-37/h1-31H/i1D,3D,4D,12D,13D. The summed E-state index contributed by atoms with van der Waals surface area (Å²) in [5, 5.41) is 10.6. The lowest BCUT2D eigenvalue weighted by Crippen LogP contribution is -1.93. The number of rotatable bonds is 4. The fourth-order valence-corrected chi connectivity index (χ4v) is 8.92. The Morgan fingerprint density at radius 2 is 1.04 bits per heavy atom. The number of para-hydroxylation sites is 3. The third-order valence-corrected chi connectivity index (χ3v) is 11.2. The highest BCUT2D eigenvalue weighted by atomic mass is 16.3. The molecule has 0 amide bonds. The zero-order valence-electron chi connectivity index (χ0n) is 33.9. The minimum atomic E-state index is -0.395. The molecule has 0 N–H and O–H groups in total. The molecule has 0 saturated heterocycles. The van der Waals surface area contributed by atoms with Gasteiger partial charge in [0.2, 0.25) is 0 Å². The Morgan fingerprint density at radius 3 is 1.80 bits per heavy atom. The number of fused-ring (bicyclic) bond motifs is 7. The molecule has 0 aliphatic rings. The largest absolute Gasteiger partial charge is 0.455 e. The second-order valence-corrected chi connectivity index (χ2v) is 14.0. The van der Waals surface area contributed by atoms with Crippen molar-refractivity contribution in [3.63, 3.8) is 0 Å². The van der Waals surface area contributed by atoms with Crippen LogP contribution >= 0.6 is 0 Å². The molecule has 12 aromatic rings. The van der Waals surface area contributed by atoms with Crippen molar-refractivity contribution in [3.05, 3.63) is 188 Å². The van der Waals surface area contributed by atoms with Gasteiger partial charge in [-0.25, -0.2) is 0 Å². The van der Waals surface area contributed by atoms with E-state index in [1.54, 1.807) is 0 Å². The van der Waals surface area contributed by atoms with Crippen LogP contribution in [0.3, 0.4) is 0 Å². The zero-order valence-corrected chi connectivity index (χ0v) is 28.9. The summed E-state index contributed by atoms with van der Waals surface area (Å²) in [5.41, 5.74) is 10.0. The highest BCUT2D eigenvalue weighted by Crippen LogP contribution is 2.47. The molecule has 2 nitrogen and oxygen atoms in total. The highest BCUT2D eigenvalue weighted by molar-refractivity contribution is 6.30. The fraction of sp³-hybridized carbons (Fsp3) is 0. The molecule has 10 aromatic carbocycles. The van der Waals surface area contributed by atoms with Crippen molar-refractivity contribution in [2.24, 2.45) is 0 Å². The molecule has 2 heteroatoms. The van der Waals surface area contributed by atoms with Gasteiger partial charge in [-0.3, -0.25) is 0 Å². The molecular formula is C52H31NO. The van der Waals surface area contributed by atoms with Crippen LogP contribution in [0, 0.1) is 0 Å². The van der Waals surface area contributed by atoms with E-state index < -0.39 is 6.04 Å². The molecule has 250 valence electrons. The van der Waals surface area contributed by atoms with Gasteiger partial charge >= 0.3 is 0 Å². The summed E-state index contributed by atoms with van der Waals surface area (Å²) in [4.78, 5) is 0. The Hall–Kier alpha value is -7.16. The Bertz CT molecular complexity index is 3700. The van der Waals surface area contributed by atoms with Crippen LogP contribution in [-0.2, 0) is 0 Å². The van der Waals surface area contributed by atoms with Crippen LogP contribution < -0.4 is 0 Å². The molecule has 0 fully saturated rings. The number of hydrogen-bond acceptors (Lipinski definition) is 1. The van der Waals surface area contributed by atoms with Crippen LogP contribution in [0.15, 0.2) is 192 Å². The maximum atomic E-state index is 8.77. The van der Waals surface area contributed by atoms with E-state index in [0.717, 1.165) is 93.2 Å². The number of hydrogen-bond donors (Lipinski definition) is 0. The second-order valence-electron chi connectivity index (χ2n) is 14.0. The van der Waals surface area contributed by atoms with Crippen LogP contribution in [0.4, 0.5) is 0 Å². The molecule has 0 unspecified atom stereocenters. The van der Waals surface area contributed by atoms with Crippen molar-refractivity contribution in [1.82, 2.24) is 4.57 Å². The lowest BCUT2D eigenvalue weighted by molar-refractivity contribution is 0.670. The van der Waals surface area contributed by atoms with Gasteiger partial charge < -0.3 is 8.98 Å². The first-order valence-corrected chi connectivity index (χ1v) is 18.2. The molecule has 12 rings (SSSR count). The van der Waals surface area contributed by atoms with E-state index in [1.165, 1.54) is 10.8 Å². The maximum absolute atomic E-state index is 8.77. The summed E-state index contributed by atoms with van der Waals surface area (Å²) in [6.07, 6.45) is 0. The van der Waals surface area contributed by atoms with Gasteiger partial charge in [-0.1, -0.05) is 152 Å². The number of benzene rings is 10. The molecule has 0 saturated carbocycles. The molecule has 0 spiro atoms. The summed E-state index contributed by atoms with van der Waals surface area (Å²) in [5.74, 6) is 0. The van der Waals surface area contributed by atoms with Gasteiger partial charge in [0.25, 0.3) is 0 Å². The zero-order chi connectivity index (χ0) is 39.7. The van der Waals surface area contributed by atoms with Gasteiger partial charge in [-0.05, 0) is 96.5 Å². The third kappa shape index (κ3) is 4.11. The van der Waals surface area contributed by atoms with Gasteiger partial charge in [0.15, 0.2) is 0 Å². The van der Waals surface area contributed by atoms with E-state index >= 15 is 0 Å². The highest BCUT2D eigenvalue weighted by Gasteiger charge is 2.23. The molecule has 54 heavy (non-hydrogen) atoms. The third-order valence-electron chi connectivity index (χ3n) is 11.2. The second kappa shape index (κ2) is 11.2. The Labute approximate surface area is 318 Å². The fourth-order valence-electron chi connectivity index (χ4n) is 8.92. The molecule has 0 aliphatic carbocycles. The van der Waals surface area contributed by atoms with Crippen LogP contribution in [0.5, 0.6) is 0 Å². The van der Waals surface area contributed by atoms with Crippen molar-refractivity contribution >= 4 is 76.1 Å². The lowest BCUT2D eigenvalue weighted by atomic mass is 9.87. The first-order valence-electron chi connectivity index (χ1n) is 20.7. The van der Waals surface area contributed by atoms with E-state index in [0.29, 0.717) is 5.56 Å². The monoisotopic (exact) mass is 690 g/mol. The predicted molar refractivity (Wildman–Crippen MR) is 228 cm³/mol. The van der Waals surface area contributed by atoms with Crippen molar-refractivity contribution < 1.29 is 11.3 Å². The Kier molecular flexibility index (Phi) is 5.16. The summed E-state index contributed by atoms with van der Waals surface area (Å²) in [7, 11) is 0. The summed E-state index contributed by atoms with van der Waals surface area (Å²) >= 11 is 0. The number of furan rings is 1. The molecular weight excluding hydrogens is 655 g/mol. The summed E-state index contributed by atoms with van der Waals surface area (Å²) in [6.45, 7) is 0. The average molecular weight is 691 g/mol. The van der Waals surface area contributed by atoms with Crippen LogP contribution in [0.25, 0.3) is 115 Å². The van der Waals surface area contributed by atoms with Crippen molar-refractivity contribution in [2.75, 3.05) is 0 Å². The normalized spacial score (nSPS) is 13.4. The van der Waals surface area contributed by atoms with Crippen molar-refractivity contribution in [3.8, 4) is 39.1 Å². The molecule has 0 aliphatic heterocycles. The van der Waals surface area contributed by atoms with Crippen molar-refractivity contribution in [1.29, 1.82) is 0 Å². The SMILES string of the molecule is [2H]c1c([2H])c([2H])c(-c2ccc3ccc4c(-c5cccc(-c6cc7c(c8ccccc8n7-c7ccccc7)c7c6oc6ccccc67)c5)ccc5ccc2c3c54)c([2H])c1[2H]. The van der Waals surface area contributed by atoms with E-state index in [1.807, 2.05) is 30.3 Å². The van der Waals surface area contributed by atoms with Crippen LogP contribution in [-0.4, -0.2) is 4.57 Å². The van der Waals surface area contributed by atoms with Crippen molar-refractivity contribution in [2.45, 2.75) is 0 Å². The molecule has 2 aromatic heterocycles. The predicted octanol–water partition coefficient (Wildman–Crippen LogP) is 14.6. The van der Waals surface area contributed by atoms with Gasteiger partial charge in [-0.15, -0.1) is 0 Å². The smallest absolute Gasteiger partial charge is 0.144 e. The quantitative estimate of drug-likeness (QED) is 0.168. The Morgan fingerprint density at radius 1 is 0.407 bits per heavy atom. The van der Waals surface area contributed by atoms with E-state index in [9.17, 15) is 0 Å². The molecule has 0 atom stereocenters.